The summed E-state index contributed by atoms with van der Waals surface area (Å²) >= 11 is 0. The summed E-state index contributed by atoms with van der Waals surface area (Å²) in [4.78, 5) is 42.2. The maximum Gasteiger partial charge on any atom is 0.253 e. The highest BCUT2D eigenvalue weighted by Crippen LogP contribution is 2.41. The number of anilines is 1. The van der Waals surface area contributed by atoms with Gasteiger partial charge in [-0.15, -0.1) is 0 Å². The number of pyridine rings is 1. The van der Waals surface area contributed by atoms with E-state index >= 15 is 0 Å². The predicted molar refractivity (Wildman–Crippen MR) is 122 cm³/mol. The molecule has 0 radical (unpaired) electrons. The largest absolute Gasteiger partial charge is 0.368 e. The third-order valence-corrected chi connectivity index (χ3v) is 6.88. The topological polar surface area (TPSA) is 144 Å². The molecular weight excluding hydrogens is 448 g/mol. The maximum absolute atomic E-state index is 13.2. The highest BCUT2D eigenvalue weighted by molar-refractivity contribution is 7.92. The third kappa shape index (κ3) is 6.73. The van der Waals surface area contributed by atoms with E-state index < -0.39 is 33.9 Å². The summed E-state index contributed by atoms with van der Waals surface area (Å²) in [6, 6.07) is 1.26. The standard InChI is InChI=1S/C22H32N4O6S/c1-4-17-19(16(27)13-32-17)25-21(29)15(11-22(2)9-5-6-10-22)24-20(28)14-7-8-18(23-12-14)26-33(3,30)31/h7-8,12,15,17,19H,4-6,9-11,13H2,1-3H3,(H,23,26)(H,24,28)(H,25,29)/t15-,17-,19+/m0/s1. The van der Waals surface area contributed by atoms with Crippen LogP contribution in [0.25, 0.3) is 0 Å². The van der Waals surface area contributed by atoms with Crippen molar-refractivity contribution >= 4 is 33.4 Å². The van der Waals surface area contributed by atoms with Crippen LogP contribution in [0.2, 0.25) is 0 Å². The van der Waals surface area contributed by atoms with Gasteiger partial charge < -0.3 is 15.4 Å². The van der Waals surface area contributed by atoms with Crippen LogP contribution < -0.4 is 15.4 Å². The number of sulfonamides is 1. The van der Waals surface area contributed by atoms with Crippen molar-refractivity contribution in [1.29, 1.82) is 0 Å². The van der Waals surface area contributed by atoms with Crippen molar-refractivity contribution < 1.29 is 27.5 Å². The number of nitrogens with zero attached hydrogens (tertiary/aromatic N) is 1. The van der Waals surface area contributed by atoms with Gasteiger partial charge in [0.1, 0.15) is 24.5 Å². The lowest BCUT2D eigenvalue weighted by Crippen LogP contribution is -2.54. The molecule has 0 unspecified atom stereocenters. The average Bonchev–Trinajstić information content (AvgIpc) is 3.32. The fraction of sp³-hybridized carbons (Fsp3) is 0.636. The Kier molecular flexibility index (Phi) is 7.73. The normalized spacial score (nSPS) is 23.2. The molecule has 1 aliphatic heterocycles. The summed E-state index contributed by atoms with van der Waals surface area (Å²) in [5.74, 6) is -1.00. The molecule has 1 saturated heterocycles. The number of amides is 2. The quantitative estimate of drug-likeness (QED) is 0.484. The van der Waals surface area contributed by atoms with Crippen LogP contribution in [0.1, 0.15) is 62.7 Å². The van der Waals surface area contributed by atoms with Crippen LogP contribution in [0.4, 0.5) is 5.82 Å². The monoisotopic (exact) mass is 480 g/mol. The SMILES string of the molecule is CC[C@@H]1OCC(=O)[C@H]1NC(=O)[C@H](CC1(C)CCCC1)NC(=O)c1ccc(NS(C)(=O)=O)nc1. The van der Waals surface area contributed by atoms with Crippen molar-refractivity contribution in [3.63, 3.8) is 0 Å². The van der Waals surface area contributed by atoms with E-state index in [0.29, 0.717) is 12.8 Å². The number of ether oxygens (including phenoxy) is 1. The Bertz CT molecular complexity index is 989. The number of aromatic nitrogens is 1. The van der Waals surface area contributed by atoms with E-state index in [1.54, 1.807) is 0 Å². The molecule has 10 nitrogen and oxygen atoms in total. The molecule has 2 aliphatic rings. The second-order valence-electron chi connectivity index (χ2n) is 9.26. The zero-order valence-corrected chi connectivity index (χ0v) is 20.0. The van der Waals surface area contributed by atoms with Gasteiger partial charge in [-0.1, -0.05) is 26.7 Å². The Morgan fingerprint density at radius 1 is 1.27 bits per heavy atom. The number of carbonyl (C=O) groups excluding carboxylic acids is 3. The second kappa shape index (κ2) is 10.2. The Morgan fingerprint density at radius 3 is 2.55 bits per heavy atom. The molecule has 2 amide bonds. The minimum atomic E-state index is -3.49. The van der Waals surface area contributed by atoms with Gasteiger partial charge in [0.05, 0.1) is 17.9 Å². The molecule has 33 heavy (non-hydrogen) atoms. The van der Waals surface area contributed by atoms with Crippen LogP contribution in [0, 0.1) is 5.41 Å². The lowest BCUT2D eigenvalue weighted by atomic mass is 9.81. The fourth-order valence-electron chi connectivity index (χ4n) is 4.52. The number of ketones is 1. The van der Waals surface area contributed by atoms with E-state index in [-0.39, 0.29) is 35.3 Å². The highest BCUT2D eigenvalue weighted by Gasteiger charge is 2.39. The molecule has 0 spiro atoms. The number of rotatable bonds is 9. The minimum absolute atomic E-state index is 0.0300. The van der Waals surface area contributed by atoms with Gasteiger partial charge in [0, 0.05) is 6.20 Å². The summed E-state index contributed by atoms with van der Waals surface area (Å²) in [7, 11) is -3.49. The maximum atomic E-state index is 13.2. The molecule has 1 aromatic rings. The van der Waals surface area contributed by atoms with Gasteiger partial charge in [0.15, 0.2) is 5.78 Å². The van der Waals surface area contributed by atoms with Crippen LogP contribution in [0.5, 0.6) is 0 Å². The summed E-state index contributed by atoms with van der Waals surface area (Å²) < 4.78 is 30.4. The summed E-state index contributed by atoms with van der Waals surface area (Å²) in [5.41, 5.74) is 0.104. The van der Waals surface area contributed by atoms with E-state index in [0.717, 1.165) is 31.9 Å². The molecule has 0 bridgehead atoms. The van der Waals surface area contributed by atoms with Crippen molar-refractivity contribution in [2.24, 2.45) is 5.41 Å². The Labute approximate surface area is 194 Å². The number of carbonyl (C=O) groups is 3. The van der Waals surface area contributed by atoms with Crippen LogP contribution >= 0.6 is 0 Å². The molecule has 1 aromatic heterocycles. The molecule has 1 aliphatic carbocycles. The van der Waals surface area contributed by atoms with E-state index in [4.69, 9.17) is 4.74 Å². The predicted octanol–water partition coefficient (Wildman–Crippen LogP) is 1.38. The molecule has 3 N–H and O–H groups in total. The average molecular weight is 481 g/mol. The molecule has 11 heteroatoms. The van der Waals surface area contributed by atoms with Gasteiger partial charge in [-0.2, -0.15) is 0 Å². The van der Waals surface area contributed by atoms with E-state index in [9.17, 15) is 22.8 Å². The van der Waals surface area contributed by atoms with Crippen LogP contribution in [0.15, 0.2) is 18.3 Å². The molecule has 2 fully saturated rings. The van der Waals surface area contributed by atoms with Gasteiger partial charge in [-0.05, 0) is 43.2 Å². The highest BCUT2D eigenvalue weighted by atomic mass is 32.2. The van der Waals surface area contributed by atoms with Crippen molar-refractivity contribution in [2.45, 2.75) is 70.6 Å². The van der Waals surface area contributed by atoms with Crippen molar-refractivity contribution in [3.8, 4) is 0 Å². The Morgan fingerprint density at radius 2 is 1.97 bits per heavy atom. The first-order valence-electron chi connectivity index (χ1n) is 11.2. The third-order valence-electron chi connectivity index (χ3n) is 6.30. The molecule has 1 saturated carbocycles. The van der Waals surface area contributed by atoms with Gasteiger partial charge >= 0.3 is 0 Å². The first kappa shape index (κ1) is 25.1. The molecule has 2 heterocycles. The van der Waals surface area contributed by atoms with E-state index in [1.165, 1.54) is 18.3 Å². The number of Topliss-reactive ketones (excluding diaryl/α,β-unsaturated/α-hetero) is 1. The lowest BCUT2D eigenvalue weighted by molar-refractivity contribution is -0.128. The molecule has 182 valence electrons. The Balaban J connectivity index is 1.74. The molecule has 3 rings (SSSR count). The summed E-state index contributed by atoms with van der Waals surface area (Å²) in [5, 5.41) is 5.58. The van der Waals surface area contributed by atoms with Gasteiger partial charge in [0.2, 0.25) is 15.9 Å². The smallest absolute Gasteiger partial charge is 0.253 e. The first-order chi connectivity index (χ1) is 15.5. The lowest BCUT2D eigenvalue weighted by Gasteiger charge is -2.30. The summed E-state index contributed by atoms with van der Waals surface area (Å²) in [6.07, 6.45) is 6.98. The second-order valence-corrected chi connectivity index (χ2v) is 11.0. The van der Waals surface area contributed by atoms with Gasteiger partial charge in [-0.25, -0.2) is 13.4 Å². The number of hydrogen-bond acceptors (Lipinski definition) is 7. The van der Waals surface area contributed by atoms with Gasteiger partial charge in [0.25, 0.3) is 5.91 Å². The van der Waals surface area contributed by atoms with Crippen LogP contribution in [-0.2, 0) is 24.3 Å². The van der Waals surface area contributed by atoms with Gasteiger partial charge in [-0.3, -0.25) is 19.1 Å². The zero-order valence-electron chi connectivity index (χ0n) is 19.2. The number of hydrogen-bond donors (Lipinski definition) is 3. The van der Waals surface area contributed by atoms with E-state index in [1.807, 2.05) is 6.92 Å². The summed E-state index contributed by atoms with van der Waals surface area (Å²) in [6.45, 7) is 3.96. The number of nitrogens with one attached hydrogen (secondary N) is 3. The minimum Gasteiger partial charge on any atom is -0.368 e. The molecule has 3 atom stereocenters. The van der Waals surface area contributed by atoms with Crippen molar-refractivity contribution in [2.75, 3.05) is 17.6 Å². The Hall–Kier alpha value is -2.53. The van der Waals surface area contributed by atoms with Crippen LogP contribution in [-0.4, -0.2) is 62.0 Å². The zero-order chi connectivity index (χ0) is 24.2. The first-order valence-corrected chi connectivity index (χ1v) is 13.1. The fourth-order valence-corrected chi connectivity index (χ4v) is 5.02. The van der Waals surface area contributed by atoms with Crippen molar-refractivity contribution in [3.05, 3.63) is 23.9 Å². The van der Waals surface area contributed by atoms with Crippen LogP contribution in [0.3, 0.4) is 0 Å². The van der Waals surface area contributed by atoms with E-state index in [2.05, 4.69) is 27.3 Å². The van der Waals surface area contributed by atoms with Crippen molar-refractivity contribution in [1.82, 2.24) is 15.6 Å². The molecular formula is C22H32N4O6S. The molecule has 0 aromatic carbocycles.